The molecule has 1 aliphatic rings. The normalized spacial score (nSPS) is 21.0. The lowest BCUT2D eigenvalue weighted by Gasteiger charge is -2.29. The molecule has 0 radical (unpaired) electrons. The van der Waals surface area contributed by atoms with Gasteiger partial charge in [0, 0.05) is 13.1 Å². The zero-order valence-electron chi connectivity index (χ0n) is 12.4. The van der Waals surface area contributed by atoms with Crippen molar-refractivity contribution in [1.82, 2.24) is 10.2 Å². The quantitative estimate of drug-likeness (QED) is 0.793. The Bertz CT molecular complexity index is 502. The third kappa shape index (κ3) is 2.64. The molecule has 3 N–H and O–H groups in total. The molecule has 0 aromatic heterocycles. The van der Waals surface area contributed by atoms with Gasteiger partial charge in [-0.1, -0.05) is 6.07 Å². The van der Waals surface area contributed by atoms with Gasteiger partial charge in [-0.05, 0) is 50.2 Å². The van der Waals surface area contributed by atoms with Crippen LogP contribution < -0.4 is 15.8 Å². The van der Waals surface area contributed by atoms with Gasteiger partial charge in [-0.25, -0.2) is 0 Å². The molecule has 1 aliphatic carbocycles. The number of hydrogen-bond donors (Lipinski definition) is 2. The van der Waals surface area contributed by atoms with Gasteiger partial charge in [0.1, 0.15) is 11.3 Å². The van der Waals surface area contributed by atoms with Crippen LogP contribution in [0.4, 0.5) is 0 Å². The first-order valence-electron chi connectivity index (χ1n) is 6.86. The number of likely N-dealkylation sites (N-methyl/N-ethyl adjacent to an activating group) is 1. The molecule has 1 aromatic carbocycles. The lowest BCUT2D eigenvalue weighted by atomic mass is 9.90. The average molecular weight is 277 g/mol. The van der Waals surface area contributed by atoms with E-state index in [-0.39, 0.29) is 5.91 Å². The third-order valence-electron chi connectivity index (χ3n) is 3.95. The summed E-state index contributed by atoms with van der Waals surface area (Å²) in [4.78, 5) is 14.1. The molecule has 0 heterocycles. The lowest BCUT2D eigenvalue weighted by molar-refractivity contribution is -0.124. The highest BCUT2D eigenvalue weighted by Gasteiger charge is 2.43. The number of methoxy groups -OCH3 is 1. The number of fused-ring (bicyclic) bond motifs is 1. The maximum absolute atomic E-state index is 12.1. The number of benzene rings is 1. The number of nitrogens with zero attached hydrogens (tertiary/aromatic N) is 1. The minimum Gasteiger partial charge on any atom is -0.497 e. The molecule has 0 fully saturated rings. The molecule has 110 valence electrons. The number of primary amides is 1. The summed E-state index contributed by atoms with van der Waals surface area (Å²) in [5.74, 6) is 0.439. The molecule has 1 amide bonds. The average Bonchev–Trinajstić information content (AvgIpc) is 2.78. The van der Waals surface area contributed by atoms with Crippen molar-refractivity contribution in [2.45, 2.75) is 18.4 Å². The van der Waals surface area contributed by atoms with Crippen LogP contribution in [-0.2, 0) is 16.8 Å². The predicted octanol–water partition coefficient (Wildman–Crippen LogP) is 0.473. The molecule has 0 saturated heterocycles. The van der Waals surface area contributed by atoms with Crippen LogP contribution in [0.15, 0.2) is 18.2 Å². The van der Waals surface area contributed by atoms with E-state index in [0.717, 1.165) is 24.3 Å². The van der Waals surface area contributed by atoms with Crippen molar-refractivity contribution < 1.29 is 9.53 Å². The number of carbonyl (C=O) groups is 1. The summed E-state index contributed by atoms with van der Waals surface area (Å²) in [6, 6.07) is 5.87. The van der Waals surface area contributed by atoms with Crippen molar-refractivity contribution in [2.75, 3.05) is 34.3 Å². The topological polar surface area (TPSA) is 67.6 Å². The first kappa shape index (κ1) is 14.8. The van der Waals surface area contributed by atoms with Gasteiger partial charge in [0.05, 0.1) is 7.11 Å². The first-order chi connectivity index (χ1) is 9.49. The van der Waals surface area contributed by atoms with E-state index < -0.39 is 5.54 Å². The van der Waals surface area contributed by atoms with Gasteiger partial charge < -0.3 is 15.4 Å². The van der Waals surface area contributed by atoms with E-state index in [0.29, 0.717) is 13.0 Å². The molecule has 0 bridgehead atoms. The molecule has 20 heavy (non-hydrogen) atoms. The fourth-order valence-corrected chi connectivity index (χ4v) is 2.77. The first-order valence-corrected chi connectivity index (χ1v) is 6.86. The maximum Gasteiger partial charge on any atom is 0.242 e. The molecule has 5 nitrogen and oxygen atoms in total. The fraction of sp³-hybridized carbons (Fsp3) is 0.533. The van der Waals surface area contributed by atoms with E-state index in [4.69, 9.17) is 10.5 Å². The predicted molar refractivity (Wildman–Crippen MR) is 78.7 cm³/mol. The Morgan fingerprint density at radius 3 is 2.85 bits per heavy atom. The van der Waals surface area contributed by atoms with Crippen molar-refractivity contribution in [1.29, 1.82) is 0 Å². The van der Waals surface area contributed by atoms with E-state index in [9.17, 15) is 4.79 Å². The smallest absolute Gasteiger partial charge is 0.242 e. The molecule has 2 rings (SSSR count). The highest BCUT2D eigenvalue weighted by atomic mass is 16.5. The molecule has 1 unspecified atom stereocenters. The maximum atomic E-state index is 12.1. The van der Waals surface area contributed by atoms with Gasteiger partial charge in [0.25, 0.3) is 0 Å². The van der Waals surface area contributed by atoms with E-state index in [2.05, 4.69) is 10.2 Å². The molecule has 1 atom stereocenters. The summed E-state index contributed by atoms with van der Waals surface area (Å²) in [5, 5.41) is 3.36. The van der Waals surface area contributed by atoms with Gasteiger partial charge >= 0.3 is 0 Å². The van der Waals surface area contributed by atoms with Crippen LogP contribution in [0, 0.1) is 0 Å². The number of amides is 1. The number of nitrogens with two attached hydrogens (primary N) is 1. The standard InChI is InChI=1S/C15H23N3O2/c1-18(2)9-8-17-15(14(16)19)7-6-11-4-5-12(20-3)10-13(11)15/h4-5,10,17H,6-9H2,1-3H3,(H2,16,19). The zero-order chi connectivity index (χ0) is 14.8. The Labute approximate surface area is 120 Å². The van der Waals surface area contributed by atoms with E-state index in [1.54, 1.807) is 7.11 Å². The molecular formula is C15H23N3O2. The number of aryl methyl sites for hydroxylation is 1. The van der Waals surface area contributed by atoms with Crippen LogP contribution in [-0.4, -0.2) is 45.1 Å². The summed E-state index contributed by atoms with van der Waals surface area (Å²) in [6.45, 7) is 1.57. The van der Waals surface area contributed by atoms with Gasteiger partial charge in [-0.3, -0.25) is 10.1 Å². The summed E-state index contributed by atoms with van der Waals surface area (Å²) in [7, 11) is 5.64. The van der Waals surface area contributed by atoms with Crippen molar-refractivity contribution in [3.63, 3.8) is 0 Å². The highest BCUT2D eigenvalue weighted by Crippen LogP contribution is 2.38. The van der Waals surface area contributed by atoms with Gasteiger partial charge in [-0.15, -0.1) is 0 Å². The lowest BCUT2D eigenvalue weighted by Crippen LogP contribution is -2.52. The monoisotopic (exact) mass is 277 g/mol. The fourth-order valence-electron chi connectivity index (χ4n) is 2.77. The van der Waals surface area contributed by atoms with Gasteiger partial charge in [0.2, 0.25) is 5.91 Å². The summed E-state index contributed by atoms with van der Waals surface area (Å²) in [5.41, 5.74) is 7.07. The molecule has 1 aromatic rings. The third-order valence-corrected chi connectivity index (χ3v) is 3.95. The van der Waals surface area contributed by atoms with Crippen molar-refractivity contribution in [2.24, 2.45) is 5.73 Å². The summed E-state index contributed by atoms with van der Waals surface area (Å²) >= 11 is 0. The minimum absolute atomic E-state index is 0.316. The Morgan fingerprint density at radius 1 is 1.50 bits per heavy atom. The number of ether oxygens (including phenoxy) is 1. The van der Waals surface area contributed by atoms with Crippen LogP contribution in [0.3, 0.4) is 0 Å². The number of hydrogen-bond acceptors (Lipinski definition) is 4. The van der Waals surface area contributed by atoms with Crippen LogP contribution >= 0.6 is 0 Å². The van der Waals surface area contributed by atoms with Gasteiger partial charge in [-0.2, -0.15) is 0 Å². The highest BCUT2D eigenvalue weighted by molar-refractivity contribution is 5.87. The SMILES string of the molecule is COc1ccc2c(c1)C(NCCN(C)C)(C(N)=O)CC2. The van der Waals surface area contributed by atoms with Crippen LogP contribution in [0.1, 0.15) is 17.5 Å². The van der Waals surface area contributed by atoms with E-state index in [1.165, 1.54) is 5.56 Å². The summed E-state index contributed by atoms with van der Waals surface area (Å²) < 4.78 is 5.27. The minimum atomic E-state index is -0.764. The van der Waals surface area contributed by atoms with E-state index in [1.807, 2.05) is 32.3 Å². The van der Waals surface area contributed by atoms with Gasteiger partial charge in [0.15, 0.2) is 0 Å². The number of carbonyl (C=O) groups excluding carboxylic acids is 1. The van der Waals surface area contributed by atoms with Crippen LogP contribution in [0.25, 0.3) is 0 Å². The van der Waals surface area contributed by atoms with Crippen LogP contribution in [0.2, 0.25) is 0 Å². The number of nitrogens with one attached hydrogen (secondary N) is 1. The van der Waals surface area contributed by atoms with Crippen molar-refractivity contribution in [3.05, 3.63) is 29.3 Å². The molecule has 5 heteroatoms. The Hall–Kier alpha value is -1.59. The molecule has 0 aliphatic heterocycles. The Kier molecular flexibility index (Phi) is 4.30. The number of rotatable bonds is 6. The molecule has 0 spiro atoms. The zero-order valence-corrected chi connectivity index (χ0v) is 12.4. The summed E-state index contributed by atoms with van der Waals surface area (Å²) in [6.07, 6.45) is 1.56. The largest absolute Gasteiger partial charge is 0.497 e. The second-order valence-electron chi connectivity index (χ2n) is 5.52. The second-order valence-corrected chi connectivity index (χ2v) is 5.52. The van der Waals surface area contributed by atoms with E-state index >= 15 is 0 Å². The Morgan fingerprint density at radius 2 is 2.25 bits per heavy atom. The van der Waals surface area contributed by atoms with Crippen molar-refractivity contribution in [3.8, 4) is 5.75 Å². The van der Waals surface area contributed by atoms with Crippen molar-refractivity contribution >= 4 is 5.91 Å². The molecular weight excluding hydrogens is 254 g/mol. The Balaban J connectivity index is 2.30. The molecule has 0 saturated carbocycles. The van der Waals surface area contributed by atoms with Crippen LogP contribution in [0.5, 0.6) is 5.75 Å². The second kappa shape index (κ2) is 5.81.